The number of hydrogen-bond donors (Lipinski definition) is 8. The second-order valence-corrected chi connectivity index (χ2v) is 12.6. The zero-order valence-corrected chi connectivity index (χ0v) is 26.9. The van der Waals surface area contributed by atoms with Crippen molar-refractivity contribution in [3.8, 4) is 0 Å². The summed E-state index contributed by atoms with van der Waals surface area (Å²) in [5.74, 6) is -0.714. The number of carboxylic acid groups (broad SMARTS) is 1. The quantitative estimate of drug-likeness (QED) is 0.0698. The van der Waals surface area contributed by atoms with Gasteiger partial charge in [-0.1, -0.05) is 90.4 Å². The SMILES string of the molecule is CCC[C@@H](CCCCCCCCCCCCCCCC(=O)O)O[C@@H]1O[C@H](CO)[C@@H](O)[C@H](O)[C@H]1O[C@@H]1O[C@H](CO)[C@@H](O)[C@H](O)[C@H]1O. The van der Waals surface area contributed by atoms with Crippen molar-refractivity contribution in [3.63, 3.8) is 0 Å². The summed E-state index contributed by atoms with van der Waals surface area (Å²) in [6.07, 6.45) is 2.05. The van der Waals surface area contributed by atoms with Crippen molar-refractivity contribution in [1.82, 2.24) is 0 Å². The maximum atomic E-state index is 10.9. The third kappa shape index (κ3) is 14.0. The first-order valence-corrected chi connectivity index (χ1v) is 17.1. The summed E-state index contributed by atoms with van der Waals surface area (Å²) in [6.45, 7) is 0.799. The van der Waals surface area contributed by atoms with E-state index in [0.29, 0.717) is 6.42 Å². The van der Waals surface area contributed by atoms with Crippen LogP contribution in [0.2, 0.25) is 0 Å². The van der Waals surface area contributed by atoms with Gasteiger partial charge in [0, 0.05) is 6.42 Å². The maximum absolute atomic E-state index is 10.9. The Balaban J connectivity index is 1.76. The van der Waals surface area contributed by atoms with E-state index in [1.807, 2.05) is 6.92 Å². The Morgan fingerprint density at radius 2 is 1.09 bits per heavy atom. The molecule has 0 saturated carbocycles. The molecule has 2 rings (SSSR count). The maximum Gasteiger partial charge on any atom is 0.303 e. The molecule has 0 aromatic carbocycles. The molecular formula is C32H60O13. The fourth-order valence-corrected chi connectivity index (χ4v) is 6.03. The van der Waals surface area contributed by atoms with Crippen LogP contribution in [0.1, 0.15) is 116 Å². The number of aliphatic hydroxyl groups excluding tert-OH is 7. The standard InChI is InChI=1S/C32H60O13/c1-2-16-21(17-14-12-10-8-6-4-3-5-7-9-11-13-15-18-24(35)36)42-32-30(28(40)26(38)23(20-34)44-32)45-31-29(41)27(39)25(37)22(19-33)43-31/h21-23,25-34,37-41H,2-20H2,1H3,(H,35,36)/t21-,22+,23+,25+,26+,27-,28-,29+,30+,31-,32+/m0/s1. The van der Waals surface area contributed by atoms with E-state index in [1.165, 1.54) is 38.5 Å². The van der Waals surface area contributed by atoms with E-state index in [0.717, 1.165) is 57.8 Å². The van der Waals surface area contributed by atoms with E-state index < -0.39 is 80.6 Å². The number of carbonyl (C=O) groups is 1. The molecule has 2 fully saturated rings. The molecule has 266 valence electrons. The number of hydrogen-bond acceptors (Lipinski definition) is 12. The van der Waals surface area contributed by atoms with Crippen LogP contribution in [0, 0.1) is 0 Å². The Kier molecular flexibility index (Phi) is 20.2. The number of aliphatic hydroxyl groups is 7. The van der Waals surface area contributed by atoms with Crippen molar-refractivity contribution in [2.75, 3.05) is 13.2 Å². The van der Waals surface area contributed by atoms with Crippen molar-refractivity contribution in [2.45, 2.75) is 184 Å². The predicted molar refractivity (Wildman–Crippen MR) is 163 cm³/mol. The topological polar surface area (TPSA) is 216 Å². The molecule has 2 saturated heterocycles. The highest BCUT2D eigenvalue weighted by Gasteiger charge is 2.51. The van der Waals surface area contributed by atoms with E-state index in [-0.39, 0.29) is 12.5 Å². The molecular weight excluding hydrogens is 592 g/mol. The van der Waals surface area contributed by atoms with Crippen molar-refractivity contribution >= 4 is 5.97 Å². The average Bonchev–Trinajstić information content (AvgIpc) is 3.02. The van der Waals surface area contributed by atoms with E-state index in [2.05, 4.69) is 0 Å². The first-order chi connectivity index (χ1) is 21.6. The van der Waals surface area contributed by atoms with Gasteiger partial charge < -0.3 is 59.8 Å². The lowest BCUT2D eigenvalue weighted by atomic mass is 9.97. The van der Waals surface area contributed by atoms with Crippen LogP contribution in [-0.2, 0) is 23.7 Å². The molecule has 0 spiro atoms. The largest absolute Gasteiger partial charge is 0.481 e. The van der Waals surface area contributed by atoms with Gasteiger partial charge >= 0.3 is 5.97 Å². The third-order valence-electron chi connectivity index (χ3n) is 8.82. The molecule has 0 unspecified atom stereocenters. The van der Waals surface area contributed by atoms with Gasteiger partial charge in [-0.05, 0) is 19.3 Å². The van der Waals surface area contributed by atoms with Crippen LogP contribution in [0.3, 0.4) is 0 Å². The van der Waals surface area contributed by atoms with Gasteiger partial charge in [0.15, 0.2) is 12.6 Å². The van der Waals surface area contributed by atoms with Crippen LogP contribution in [0.25, 0.3) is 0 Å². The molecule has 0 aromatic heterocycles. The molecule has 0 aromatic rings. The van der Waals surface area contributed by atoms with E-state index in [9.17, 15) is 40.5 Å². The minimum absolute atomic E-state index is 0.258. The van der Waals surface area contributed by atoms with Gasteiger partial charge in [0.2, 0.25) is 0 Å². The molecule has 0 amide bonds. The van der Waals surface area contributed by atoms with Crippen molar-refractivity contribution in [2.24, 2.45) is 0 Å². The second-order valence-electron chi connectivity index (χ2n) is 12.6. The van der Waals surface area contributed by atoms with Crippen LogP contribution in [0.5, 0.6) is 0 Å². The highest BCUT2D eigenvalue weighted by molar-refractivity contribution is 5.66. The van der Waals surface area contributed by atoms with Crippen LogP contribution in [0.15, 0.2) is 0 Å². The fourth-order valence-electron chi connectivity index (χ4n) is 6.03. The lowest BCUT2D eigenvalue weighted by Crippen LogP contribution is -2.65. The van der Waals surface area contributed by atoms with Gasteiger partial charge in [-0.2, -0.15) is 0 Å². The van der Waals surface area contributed by atoms with Gasteiger partial charge in [-0.15, -0.1) is 0 Å². The number of rotatable bonds is 24. The molecule has 8 N–H and O–H groups in total. The Bertz CT molecular complexity index is 771. The van der Waals surface area contributed by atoms with Crippen LogP contribution in [0.4, 0.5) is 0 Å². The Hall–Kier alpha value is -0.970. The molecule has 45 heavy (non-hydrogen) atoms. The minimum Gasteiger partial charge on any atom is -0.481 e. The van der Waals surface area contributed by atoms with Crippen molar-refractivity contribution < 1.29 is 64.6 Å². The summed E-state index contributed by atoms with van der Waals surface area (Å²) in [5, 5.41) is 79.9. The van der Waals surface area contributed by atoms with Gasteiger partial charge in [-0.25, -0.2) is 0 Å². The average molecular weight is 653 g/mol. The van der Waals surface area contributed by atoms with E-state index in [1.54, 1.807) is 0 Å². The molecule has 2 aliphatic heterocycles. The summed E-state index contributed by atoms with van der Waals surface area (Å²) < 4.78 is 23.2. The Morgan fingerprint density at radius 1 is 0.622 bits per heavy atom. The van der Waals surface area contributed by atoms with E-state index in [4.69, 9.17) is 24.1 Å². The van der Waals surface area contributed by atoms with Crippen LogP contribution >= 0.6 is 0 Å². The minimum atomic E-state index is -1.71. The Morgan fingerprint density at radius 3 is 1.58 bits per heavy atom. The fraction of sp³-hybridized carbons (Fsp3) is 0.969. The smallest absolute Gasteiger partial charge is 0.303 e. The molecule has 2 heterocycles. The molecule has 0 radical (unpaired) electrons. The summed E-state index contributed by atoms with van der Waals surface area (Å²) in [5.41, 5.74) is 0. The number of ether oxygens (including phenoxy) is 4. The zero-order valence-electron chi connectivity index (χ0n) is 26.9. The van der Waals surface area contributed by atoms with Crippen molar-refractivity contribution in [3.05, 3.63) is 0 Å². The van der Waals surface area contributed by atoms with Gasteiger partial charge in [0.25, 0.3) is 0 Å². The lowest BCUT2D eigenvalue weighted by Gasteiger charge is -2.46. The predicted octanol–water partition coefficient (Wildman–Crippen LogP) is 1.73. The van der Waals surface area contributed by atoms with Gasteiger partial charge in [-0.3, -0.25) is 4.79 Å². The second kappa shape index (κ2) is 22.6. The summed E-state index contributed by atoms with van der Waals surface area (Å²) in [6, 6.07) is 0. The first-order valence-electron chi connectivity index (χ1n) is 17.1. The lowest BCUT2D eigenvalue weighted by molar-refractivity contribution is -0.372. The van der Waals surface area contributed by atoms with Gasteiger partial charge in [0.1, 0.15) is 48.8 Å². The molecule has 13 heteroatoms. The van der Waals surface area contributed by atoms with Crippen molar-refractivity contribution in [1.29, 1.82) is 0 Å². The normalized spacial score (nSPS) is 32.9. The monoisotopic (exact) mass is 652 g/mol. The highest BCUT2D eigenvalue weighted by Crippen LogP contribution is 2.31. The zero-order chi connectivity index (χ0) is 33.2. The van der Waals surface area contributed by atoms with E-state index >= 15 is 0 Å². The van der Waals surface area contributed by atoms with Crippen LogP contribution in [-0.4, -0.2) is 128 Å². The molecule has 11 atom stereocenters. The summed E-state index contributed by atoms with van der Waals surface area (Å²) in [4.78, 5) is 10.5. The summed E-state index contributed by atoms with van der Waals surface area (Å²) >= 11 is 0. The van der Waals surface area contributed by atoms with Gasteiger partial charge in [0.05, 0.1) is 19.3 Å². The summed E-state index contributed by atoms with van der Waals surface area (Å²) in [7, 11) is 0. The van der Waals surface area contributed by atoms with Crippen LogP contribution < -0.4 is 0 Å². The molecule has 0 aliphatic carbocycles. The third-order valence-corrected chi connectivity index (χ3v) is 8.82. The first kappa shape index (κ1) is 40.2. The number of unbranched alkanes of at least 4 members (excludes halogenated alkanes) is 12. The number of aliphatic carboxylic acids is 1. The number of carboxylic acids is 1. The molecule has 0 bridgehead atoms. The highest BCUT2D eigenvalue weighted by atomic mass is 16.8. The Labute approximate surface area is 267 Å². The molecule has 13 nitrogen and oxygen atoms in total. The molecule has 2 aliphatic rings.